The third-order valence-electron chi connectivity index (χ3n) is 5.34. The number of rotatable bonds is 3. The highest BCUT2D eigenvalue weighted by molar-refractivity contribution is 5.89. The highest BCUT2D eigenvalue weighted by Crippen LogP contribution is 2.44. The molecule has 1 saturated carbocycles. The summed E-state index contributed by atoms with van der Waals surface area (Å²) in [5, 5.41) is 0. The molecule has 1 aromatic rings. The van der Waals surface area contributed by atoms with E-state index in [0.717, 1.165) is 55.5 Å². The molecule has 1 aromatic carbocycles. The first-order valence-corrected chi connectivity index (χ1v) is 8.27. The smallest absolute Gasteiger partial charge is 0.233 e. The van der Waals surface area contributed by atoms with E-state index in [1.54, 1.807) is 7.11 Å². The minimum atomic E-state index is -0.370. The van der Waals surface area contributed by atoms with Crippen molar-refractivity contribution in [2.45, 2.75) is 50.5 Å². The van der Waals surface area contributed by atoms with Gasteiger partial charge in [0.25, 0.3) is 0 Å². The molecule has 4 nitrogen and oxygen atoms in total. The fraction of sp³-hybridized carbons (Fsp3) is 0.611. The van der Waals surface area contributed by atoms with Crippen molar-refractivity contribution in [2.24, 2.45) is 5.73 Å². The quantitative estimate of drug-likeness (QED) is 0.932. The first kappa shape index (κ1) is 15.3. The average Bonchev–Trinajstić information content (AvgIpc) is 3.17. The van der Waals surface area contributed by atoms with Crippen LogP contribution in [0, 0.1) is 6.92 Å². The molecule has 4 heteroatoms. The van der Waals surface area contributed by atoms with Gasteiger partial charge in [-0.2, -0.15) is 0 Å². The van der Waals surface area contributed by atoms with Crippen LogP contribution in [-0.2, 0) is 10.2 Å². The molecule has 0 radical (unpaired) electrons. The van der Waals surface area contributed by atoms with Crippen molar-refractivity contribution in [3.05, 3.63) is 29.3 Å². The third-order valence-corrected chi connectivity index (χ3v) is 5.34. The van der Waals surface area contributed by atoms with Gasteiger partial charge in [-0.3, -0.25) is 4.79 Å². The SMILES string of the molecule is COc1cc(C2(C(=O)N3CC[C@@H](N)C3)CCCC2)ccc1C. The lowest BCUT2D eigenvalue weighted by Gasteiger charge is -2.33. The zero-order valence-corrected chi connectivity index (χ0v) is 13.6. The van der Waals surface area contributed by atoms with Crippen LogP contribution in [0.5, 0.6) is 5.75 Å². The van der Waals surface area contributed by atoms with Gasteiger partial charge < -0.3 is 15.4 Å². The van der Waals surface area contributed by atoms with Crippen LogP contribution in [-0.4, -0.2) is 37.0 Å². The van der Waals surface area contributed by atoms with Crippen molar-refractivity contribution >= 4 is 5.91 Å². The number of aryl methyl sites for hydroxylation is 1. The predicted octanol–water partition coefficient (Wildman–Crippen LogP) is 2.38. The number of nitrogens with two attached hydrogens (primary N) is 1. The van der Waals surface area contributed by atoms with Crippen molar-refractivity contribution < 1.29 is 9.53 Å². The first-order chi connectivity index (χ1) is 10.6. The number of likely N-dealkylation sites (tertiary alicyclic amines) is 1. The average molecular weight is 302 g/mol. The number of nitrogens with zero attached hydrogens (tertiary/aromatic N) is 1. The zero-order chi connectivity index (χ0) is 15.7. The molecule has 0 bridgehead atoms. The van der Waals surface area contributed by atoms with Crippen molar-refractivity contribution in [3.8, 4) is 5.75 Å². The number of hydrogen-bond acceptors (Lipinski definition) is 3. The molecular formula is C18H26N2O2. The summed E-state index contributed by atoms with van der Waals surface area (Å²) in [6.45, 7) is 3.53. The summed E-state index contributed by atoms with van der Waals surface area (Å²) in [5.41, 5.74) is 7.84. The second-order valence-electron chi connectivity index (χ2n) is 6.77. The van der Waals surface area contributed by atoms with Crippen LogP contribution in [0.15, 0.2) is 18.2 Å². The Morgan fingerprint density at radius 3 is 2.68 bits per heavy atom. The topological polar surface area (TPSA) is 55.6 Å². The lowest BCUT2D eigenvalue weighted by molar-refractivity contribution is -0.136. The van der Waals surface area contributed by atoms with Crippen LogP contribution in [0.4, 0.5) is 0 Å². The normalized spacial score (nSPS) is 23.8. The van der Waals surface area contributed by atoms with E-state index in [4.69, 9.17) is 10.5 Å². The van der Waals surface area contributed by atoms with Crippen molar-refractivity contribution in [2.75, 3.05) is 20.2 Å². The molecule has 1 aliphatic heterocycles. The third kappa shape index (κ3) is 2.50. The Morgan fingerprint density at radius 1 is 1.36 bits per heavy atom. The predicted molar refractivity (Wildman–Crippen MR) is 87.0 cm³/mol. The van der Waals surface area contributed by atoms with Gasteiger partial charge in [0.05, 0.1) is 12.5 Å². The number of carbonyl (C=O) groups excluding carboxylic acids is 1. The number of hydrogen-bond donors (Lipinski definition) is 1. The second-order valence-corrected chi connectivity index (χ2v) is 6.77. The van der Waals surface area contributed by atoms with E-state index in [-0.39, 0.29) is 17.4 Å². The molecule has 22 heavy (non-hydrogen) atoms. The summed E-state index contributed by atoms with van der Waals surface area (Å²) in [6, 6.07) is 6.37. The number of benzene rings is 1. The van der Waals surface area contributed by atoms with Crippen LogP contribution >= 0.6 is 0 Å². The molecule has 2 N–H and O–H groups in total. The molecule has 1 atom stereocenters. The summed E-state index contributed by atoms with van der Waals surface area (Å²) >= 11 is 0. The molecule has 120 valence electrons. The minimum absolute atomic E-state index is 0.134. The summed E-state index contributed by atoms with van der Waals surface area (Å²) in [4.78, 5) is 15.2. The van der Waals surface area contributed by atoms with Crippen molar-refractivity contribution in [3.63, 3.8) is 0 Å². The maximum Gasteiger partial charge on any atom is 0.233 e. The van der Waals surface area contributed by atoms with Gasteiger partial charge in [0.1, 0.15) is 5.75 Å². The zero-order valence-electron chi connectivity index (χ0n) is 13.6. The van der Waals surface area contributed by atoms with E-state index in [1.165, 1.54) is 0 Å². The maximum absolute atomic E-state index is 13.2. The van der Waals surface area contributed by atoms with Crippen LogP contribution in [0.3, 0.4) is 0 Å². The van der Waals surface area contributed by atoms with Gasteiger partial charge in [-0.15, -0.1) is 0 Å². The number of amides is 1. The standard InChI is InChI=1S/C18H26N2O2/c1-13-5-6-14(11-16(13)22-2)18(8-3-4-9-18)17(21)20-10-7-15(19)12-20/h5-6,11,15H,3-4,7-10,12,19H2,1-2H3/t15-/m1/s1. The molecule has 0 aromatic heterocycles. The summed E-state index contributed by atoms with van der Waals surface area (Å²) in [7, 11) is 1.69. The van der Waals surface area contributed by atoms with Crippen molar-refractivity contribution in [1.82, 2.24) is 4.90 Å². The van der Waals surface area contributed by atoms with Crippen LogP contribution in [0.25, 0.3) is 0 Å². The first-order valence-electron chi connectivity index (χ1n) is 8.27. The molecule has 1 heterocycles. The van der Waals surface area contributed by atoms with Gasteiger partial charge in [-0.05, 0) is 43.4 Å². The van der Waals surface area contributed by atoms with Gasteiger partial charge in [0, 0.05) is 19.1 Å². The van der Waals surface area contributed by atoms with E-state index < -0.39 is 0 Å². The molecule has 1 saturated heterocycles. The molecule has 1 aliphatic carbocycles. The summed E-state index contributed by atoms with van der Waals surface area (Å²) < 4.78 is 5.47. The van der Waals surface area contributed by atoms with Gasteiger partial charge >= 0.3 is 0 Å². The maximum atomic E-state index is 13.2. The van der Waals surface area contributed by atoms with E-state index in [1.807, 2.05) is 11.8 Å². The van der Waals surface area contributed by atoms with E-state index in [0.29, 0.717) is 6.54 Å². The van der Waals surface area contributed by atoms with Crippen LogP contribution < -0.4 is 10.5 Å². The number of methoxy groups -OCH3 is 1. The summed E-state index contributed by atoms with van der Waals surface area (Å²) in [6.07, 6.45) is 5.01. The molecular weight excluding hydrogens is 276 g/mol. The highest BCUT2D eigenvalue weighted by atomic mass is 16.5. The Balaban J connectivity index is 1.96. The molecule has 3 rings (SSSR count). The van der Waals surface area contributed by atoms with Crippen molar-refractivity contribution in [1.29, 1.82) is 0 Å². The monoisotopic (exact) mass is 302 g/mol. The Hall–Kier alpha value is -1.55. The Bertz CT molecular complexity index is 564. The van der Waals surface area contributed by atoms with E-state index in [2.05, 4.69) is 18.2 Å². The largest absolute Gasteiger partial charge is 0.496 e. The van der Waals surface area contributed by atoms with E-state index >= 15 is 0 Å². The lowest BCUT2D eigenvalue weighted by atomic mass is 9.77. The van der Waals surface area contributed by atoms with Crippen LogP contribution in [0.1, 0.15) is 43.2 Å². The van der Waals surface area contributed by atoms with E-state index in [9.17, 15) is 4.79 Å². The fourth-order valence-electron chi connectivity index (χ4n) is 4.00. The molecule has 0 spiro atoms. The fourth-order valence-corrected chi connectivity index (χ4v) is 4.00. The Labute approximate surface area is 132 Å². The Morgan fingerprint density at radius 2 is 2.09 bits per heavy atom. The van der Waals surface area contributed by atoms with Gasteiger partial charge in [0.15, 0.2) is 0 Å². The second kappa shape index (κ2) is 5.92. The molecule has 1 amide bonds. The van der Waals surface area contributed by atoms with Crippen LogP contribution in [0.2, 0.25) is 0 Å². The minimum Gasteiger partial charge on any atom is -0.496 e. The molecule has 2 aliphatic rings. The van der Waals surface area contributed by atoms with Gasteiger partial charge in [-0.25, -0.2) is 0 Å². The lowest BCUT2D eigenvalue weighted by Crippen LogP contribution is -2.45. The van der Waals surface area contributed by atoms with Gasteiger partial charge in [0.2, 0.25) is 5.91 Å². The number of ether oxygens (including phenoxy) is 1. The molecule has 2 fully saturated rings. The number of carbonyl (C=O) groups is 1. The van der Waals surface area contributed by atoms with Gasteiger partial charge in [-0.1, -0.05) is 25.0 Å². The highest BCUT2D eigenvalue weighted by Gasteiger charge is 2.46. The summed E-state index contributed by atoms with van der Waals surface area (Å²) in [5.74, 6) is 1.14. The molecule has 0 unspecified atom stereocenters. The Kier molecular flexibility index (Phi) is 4.13.